The van der Waals surface area contributed by atoms with Crippen LogP contribution >= 0.6 is 0 Å². The van der Waals surface area contributed by atoms with E-state index in [2.05, 4.69) is 19.1 Å². The summed E-state index contributed by atoms with van der Waals surface area (Å²) in [6.45, 7) is 2.73. The van der Waals surface area contributed by atoms with Crippen molar-refractivity contribution in [2.45, 2.75) is 32.4 Å². The molecule has 0 aromatic heterocycles. The van der Waals surface area contributed by atoms with E-state index in [9.17, 15) is 4.39 Å². The van der Waals surface area contributed by atoms with Crippen LogP contribution in [0.25, 0.3) is 0 Å². The number of hydrogen-bond acceptors (Lipinski definition) is 2. The third kappa shape index (κ3) is 4.05. The number of anilines is 1. The van der Waals surface area contributed by atoms with E-state index in [1.165, 1.54) is 6.07 Å². The van der Waals surface area contributed by atoms with Crippen LogP contribution in [0.15, 0.2) is 48.5 Å². The highest BCUT2D eigenvalue weighted by molar-refractivity contribution is 5.55. The predicted molar refractivity (Wildman–Crippen MR) is 86.9 cm³/mol. The van der Waals surface area contributed by atoms with Gasteiger partial charge in [-0.2, -0.15) is 0 Å². The number of nitrogens with zero attached hydrogens (tertiary/aromatic N) is 1. The Hall–Kier alpha value is -1.87. The summed E-state index contributed by atoms with van der Waals surface area (Å²) >= 11 is 0. The molecule has 3 heteroatoms. The maximum atomic E-state index is 14.3. The van der Waals surface area contributed by atoms with Gasteiger partial charge in [-0.05, 0) is 30.0 Å². The summed E-state index contributed by atoms with van der Waals surface area (Å²) in [6, 6.07) is 15.4. The highest BCUT2D eigenvalue weighted by Gasteiger charge is 2.15. The van der Waals surface area contributed by atoms with E-state index in [1.807, 2.05) is 36.2 Å². The van der Waals surface area contributed by atoms with Crippen molar-refractivity contribution in [2.75, 3.05) is 11.9 Å². The van der Waals surface area contributed by atoms with Crippen LogP contribution in [0, 0.1) is 5.82 Å². The molecule has 2 aromatic rings. The minimum Gasteiger partial charge on any atom is -0.368 e. The second kappa shape index (κ2) is 7.23. The van der Waals surface area contributed by atoms with Crippen molar-refractivity contribution in [2.24, 2.45) is 5.73 Å². The molecule has 2 aromatic carbocycles. The summed E-state index contributed by atoms with van der Waals surface area (Å²) in [6.07, 6.45) is 1.58. The highest BCUT2D eigenvalue weighted by atomic mass is 19.1. The zero-order chi connectivity index (χ0) is 15.2. The molecular formula is C18H23FN2. The van der Waals surface area contributed by atoms with Crippen molar-refractivity contribution in [3.05, 3.63) is 65.5 Å². The van der Waals surface area contributed by atoms with E-state index in [0.717, 1.165) is 17.5 Å². The quantitative estimate of drug-likeness (QED) is 0.876. The number of para-hydroxylation sites is 1. The van der Waals surface area contributed by atoms with Gasteiger partial charge in [0.1, 0.15) is 5.82 Å². The number of hydrogen-bond donors (Lipinski definition) is 1. The van der Waals surface area contributed by atoms with Crippen LogP contribution in [0.3, 0.4) is 0 Å². The lowest BCUT2D eigenvalue weighted by Gasteiger charge is -2.24. The average molecular weight is 286 g/mol. The molecule has 0 aliphatic carbocycles. The molecule has 112 valence electrons. The molecule has 2 nitrogen and oxygen atoms in total. The zero-order valence-corrected chi connectivity index (χ0v) is 12.7. The smallest absolute Gasteiger partial charge is 0.146 e. The maximum absolute atomic E-state index is 14.3. The molecule has 0 fully saturated rings. The minimum absolute atomic E-state index is 0.0654. The fraction of sp³-hybridized carbons (Fsp3) is 0.333. The maximum Gasteiger partial charge on any atom is 0.146 e. The van der Waals surface area contributed by atoms with Gasteiger partial charge in [0, 0.05) is 19.6 Å². The monoisotopic (exact) mass is 286 g/mol. The first-order chi connectivity index (χ1) is 10.1. The van der Waals surface area contributed by atoms with Gasteiger partial charge in [-0.15, -0.1) is 0 Å². The SMILES string of the molecule is CCC(N)Cc1cccc(F)c1N(C)Cc1ccccc1. The Morgan fingerprint density at radius 3 is 2.48 bits per heavy atom. The molecule has 0 saturated carbocycles. The summed E-state index contributed by atoms with van der Waals surface area (Å²) in [4.78, 5) is 1.96. The average Bonchev–Trinajstić information content (AvgIpc) is 2.48. The van der Waals surface area contributed by atoms with E-state index in [-0.39, 0.29) is 11.9 Å². The lowest BCUT2D eigenvalue weighted by Crippen LogP contribution is -2.25. The molecule has 2 N–H and O–H groups in total. The van der Waals surface area contributed by atoms with Gasteiger partial charge < -0.3 is 10.6 Å². The summed E-state index contributed by atoms with van der Waals surface area (Å²) in [7, 11) is 1.92. The summed E-state index contributed by atoms with van der Waals surface area (Å²) in [5, 5.41) is 0. The first-order valence-electron chi connectivity index (χ1n) is 7.39. The second-order valence-electron chi connectivity index (χ2n) is 5.46. The van der Waals surface area contributed by atoms with Gasteiger partial charge in [0.2, 0.25) is 0 Å². The predicted octanol–water partition coefficient (Wildman–Crippen LogP) is 3.74. The van der Waals surface area contributed by atoms with E-state index >= 15 is 0 Å². The van der Waals surface area contributed by atoms with Crippen molar-refractivity contribution in [3.63, 3.8) is 0 Å². The Kier molecular flexibility index (Phi) is 5.34. The van der Waals surface area contributed by atoms with Gasteiger partial charge in [-0.1, -0.05) is 49.4 Å². The van der Waals surface area contributed by atoms with Crippen molar-refractivity contribution < 1.29 is 4.39 Å². The van der Waals surface area contributed by atoms with Gasteiger partial charge in [-0.25, -0.2) is 4.39 Å². The van der Waals surface area contributed by atoms with Crippen LogP contribution in [0.1, 0.15) is 24.5 Å². The first-order valence-corrected chi connectivity index (χ1v) is 7.39. The van der Waals surface area contributed by atoms with Gasteiger partial charge in [0.25, 0.3) is 0 Å². The van der Waals surface area contributed by atoms with Crippen LogP contribution in [0.4, 0.5) is 10.1 Å². The number of benzene rings is 2. The normalized spacial score (nSPS) is 12.2. The Morgan fingerprint density at radius 1 is 1.10 bits per heavy atom. The molecule has 0 spiro atoms. The van der Waals surface area contributed by atoms with E-state index < -0.39 is 0 Å². The fourth-order valence-electron chi connectivity index (χ4n) is 2.52. The third-order valence-electron chi connectivity index (χ3n) is 3.72. The molecule has 1 atom stereocenters. The molecule has 0 aliphatic heterocycles. The van der Waals surface area contributed by atoms with E-state index in [0.29, 0.717) is 18.7 Å². The van der Waals surface area contributed by atoms with Crippen LogP contribution in [0.2, 0.25) is 0 Å². The third-order valence-corrected chi connectivity index (χ3v) is 3.72. The first kappa shape index (κ1) is 15.5. The summed E-state index contributed by atoms with van der Waals surface area (Å²) < 4.78 is 14.3. The number of rotatable bonds is 6. The molecule has 1 unspecified atom stereocenters. The molecule has 0 saturated heterocycles. The molecular weight excluding hydrogens is 263 g/mol. The molecule has 21 heavy (non-hydrogen) atoms. The number of nitrogens with two attached hydrogens (primary N) is 1. The Balaban J connectivity index is 2.24. The van der Waals surface area contributed by atoms with Gasteiger partial charge in [0.05, 0.1) is 5.69 Å². The van der Waals surface area contributed by atoms with Crippen LogP contribution in [-0.4, -0.2) is 13.1 Å². The highest BCUT2D eigenvalue weighted by Crippen LogP contribution is 2.26. The van der Waals surface area contributed by atoms with Gasteiger partial charge in [-0.3, -0.25) is 0 Å². The second-order valence-corrected chi connectivity index (χ2v) is 5.46. The Labute approximate surface area is 126 Å². The molecule has 0 amide bonds. The van der Waals surface area contributed by atoms with Crippen molar-refractivity contribution >= 4 is 5.69 Å². The summed E-state index contributed by atoms with van der Waals surface area (Å²) in [5.74, 6) is -0.186. The van der Waals surface area contributed by atoms with Crippen LogP contribution in [-0.2, 0) is 13.0 Å². The fourth-order valence-corrected chi connectivity index (χ4v) is 2.52. The Bertz CT molecular complexity index is 569. The molecule has 0 heterocycles. The largest absolute Gasteiger partial charge is 0.368 e. The molecule has 0 aliphatic rings. The molecule has 2 rings (SSSR count). The summed E-state index contributed by atoms with van der Waals surface area (Å²) in [5.41, 5.74) is 8.83. The van der Waals surface area contributed by atoms with E-state index in [1.54, 1.807) is 6.07 Å². The lowest BCUT2D eigenvalue weighted by molar-refractivity contribution is 0.609. The van der Waals surface area contributed by atoms with Crippen LogP contribution < -0.4 is 10.6 Å². The standard InChI is InChI=1S/C18H23FN2/c1-3-16(20)12-15-10-7-11-17(19)18(15)21(2)13-14-8-5-4-6-9-14/h4-11,16H,3,12-13,20H2,1-2H3. The molecule has 0 bridgehead atoms. The minimum atomic E-state index is -0.186. The zero-order valence-electron chi connectivity index (χ0n) is 12.7. The topological polar surface area (TPSA) is 29.3 Å². The van der Waals surface area contributed by atoms with Crippen molar-refractivity contribution in [3.8, 4) is 0 Å². The van der Waals surface area contributed by atoms with Gasteiger partial charge >= 0.3 is 0 Å². The lowest BCUT2D eigenvalue weighted by atomic mass is 10.0. The van der Waals surface area contributed by atoms with E-state index in [4.69, 9.17) is 5.73 Å². The van der Waals surface area contributed by atoms with Crippen molar-refractivity contribution in [1.29, 1.82) is 0 Å². The van der Waals surface area contributed by atoms with Crippen molar-refractivity contribution in [1.82, 2.24) is 0 Å². The number of halogens is 1. The molecule has 0 radical (unpaired) electrons. The van der Waals surface area contributed by atoms with Crippen LogP contribution in [0.5, 0.6) is 0 Å². The Morgan fingerprint density at radius 2 is 1.81 bits per heavy atom. The van der Waals surface area contributed by atoms with Gasteiger partial charge in [0.15, 0.2) is 0 Å².